The van der Waals surface area contributed by atoms with Crippen LogP contribution in [0.1, 0.15) is 13.3 Å². The smallest absolute Gasteiger partial charge is 0.120 e. The maximum atomic E-state index is 5.88. The van der Waals surface area contributed by atoms with Crippen LogP contribution < -0.4 is 15.4 Å². The molecule has 0 aliphatic rings. The fourth-order valence-electron chi connectivity index (χ4n) is 1.87. The van der Waals surface area contributed by atoms with Crippen molar-refractivity contribution in [2.75, 3.05) is 37.1 Å². The molecular formula is C14H24N2OS. The van der Waals surface area contributed by atoms with Crippen LogP contribution >= 0.6 is 11.8 Å². The van der Waals surface area contributed by atoms with E-state index in [9.17, 15) is 0 Å². The number of nitrogens with two attached hydrogens (primary N) is 1. The summed E-state index contributed by atoms with van der Waals surface area (Å²) in [4.78, 5) is 2.25. The molecule has 2 N–H and O–H groups in total. The number of benzene rings is 1. The lowest BCUT2D eigenvalue weighted by Crippen LogP contribution is -2.38. The Bertz CT molecular complexity index is 346. The zero-order valence-electron chi connectivity index (χ0n) is 11.6. The highest BCUT2D eigenvalue weighted by Crippen LogP contribution is 2.22. The van der Waals surface area contributed by atoms with E-state index in [0.717, 1.165) is 23.6 Å². The summed E-state index contributed by atoms with van der Waals surface area (Å²) >= 11 is 1.97. The molecule has 0 saturated heterocycles. The van der Waals surface area contributed by atoms with Gasteiger partial charge in [-0.25, -0.2) is 0 Å². The Morgan fingerprint density at radius 3 is 2.83 bits per heavy atom. The fraction of sp³-hybridized carbons (Fsp3) is 0.571. The van der Waals surface area contributed by atoms with Crippen molar-refractivity contribution in [2.45, 2.75) is 19.4 Å². The van der Waals surface area contributed by atoms with Gasteiger partial charge in [0.1, 0.15) is 5.75 Å². The van der Waals surface area contributed by atoms with Gasteiger partial charge in [-0.3, -0.25) is 0 Å². The third-order valence-electron chi connectivity index (χ3n) is 3.08. The van der Waals surface area contributed by atoms with Crippen LogP contribution in [0.15, 0.2) is 24.3 Å². The van der Waals surface area contributed by atoms with E-state index < -0.39 is 0 Å². The molecule has 0 fully saturated rings. The predicted octanol–water partition coefficient (Wildman–Crippen LogP) is 2.60. The first kappa shape index (κ1) is 15.2. The van der Waals surface area contributed by atoms with Crippen molar-refractivity contribution < 1.29 is 4.74 Å². The first-order chi connectivity index (χ1) is 8.72. The van der Waals surface area contributed by atoms with Crippen LogP contribution in [0.5, 0.6) is 5.75 Å². The quantitative estimate of drug-likeness (QED) is 0.736. The average Bonchev–Trinajstić information content (AvgIpc) is 2.43. The molecule has 1 aromatic carbocycles. The minimum absolute atomic E-state index is 0.385. The summed E-state index contributed by atoms with van der Waals surface area (Å²) in [6.45, 7) is 2.87. The molecule has 1 atom stereocenters. The molecule has 0 aliphatic heterocycles. The van der Waals surface area contributed by atoms with Gasteiger partial charge in [0.2, 0.25) is 0 Å². The van der Waals surface area contributed by atoms with E-state index in [0.29, 0.717) is 12.6 Å². The van der Waals surface area contributed by atoms with Crippen LogP contribution in [0.4, 0.5) is 5.69 Å². The van der Waals surface area contributed by atoms with E-state index in [2.05, 4.69) is 31.0 Å². The van der Waals surface area contributed by atoms with Gasteiger partial charge in [-0.05, 0) is 30.1 Å². The Morgan fingerprint density at radius 1 is 1.44 bits per heavy atom. The Kier molecular flexibility index (Phi) is 6.98. The highest BCUT2D eigenvalue weighted by molar-refractivity contribution is 7.99. The molecule has 0 aliphatic carbocycles. The summed E-state index contributed by atoms with van der Waals surface area (Å²) in [6.07, 6.45) is 1.11. The van der Waals surface area contributed by atoms with Crippen LogP contribution in [-0.2, 0) is 0 Å². The van der Waals surface area contributed by atoms with Crippen LogP contribution in [0, 0.1) is 0 Å². The number of hydrogen-bond donors (Lipinski definition) is 1. The Hall–Kier alpha value is -0.870. The van der Waals surface area contributed by atoms with Crippen LogP contribution in [0.25, 0.3) is 0 Å². The molecule has 0 aromatic heterocycles. The van der Waals surface area contributed by atoms with Gasteiger partial charge in [0, 0.05) is 31.4 Å². The largest absolute Gasteiger partial charge is 0.497 e. The summed E-state index contributed by atoms with van der Waals surface area (Å²) in [5.41, 5.74) is 7.04. The number of hydrogen-bond acceptors (Lipinski definition) is 4. The fourth-order valence-corrected chi connectivity index (χ4v) is 2.60. The van der Waals surface area contributed by atoms with E-state index in [1.165, 1.54) is 5.75 Å². The molecule has 0 radical (unpaired) electrons. The normalized spacial score (nSPS) is 12.2. The molecule has 4 heteroatoms. The van der Waals surface area contributed by atoms with Crippen LogP contribution in [0.3, 0.4) is 0 Å². The van der Waals surface area contributed by atoms with Gasteiger partial charge >= 0.3 is 0 Å². The van der Waals surface area contributed by atoms with Crippen molar-refractivity contribution in [3.05, 3.63) is 24.3 Å². The molecule has 1 unspecified atom stereocenters. The number of anilines is 1. The summed E-state index contributed by atoms with van der Waals surface area (Å²) < 4.78 is 5.25. The molecule has 0 heterocycles. The first-order valence-corrected chi connectivity index (χ1v) is 7.53. The molecule has 1 rings (SSSR count). The molecule has 102 valence electrons. The van der Waals surface area contributed by atoms with Gasteiger partial charge in [0.15, 0.2) is 0 Å². The predicted molar refractivity (Wildman–Crippen MR) is 81.9 cm³/mol. The molecule has 18 heavy (non-hydrogen) atoms. The van der Waals surface area contributed by atoms with Crippen molar-refractivity contribution in [2.24, 2.45) is 5.73 Å². The Labute approximate surface area is 115 Å². The zero-order chi connectivity index (χ0) is 13.4. The van der Waals surface area contributed by atoms with Gasteiger partial charge in [-0.1, -0.05) is 13.0 Å². The molecule has 0 bridgehead atoms. The maximum Gasteiger partial charge on any atom is 0.120 e. The molecule has 0 amide bonds. The highest BCUT2D eigenvalue weighted by atomic mass is 32.2. The molecule has 0 saturated carbocycles. The highest BCUT2D eigenvalue weighted by Gasteiger charge is 2.13. The van der Waals surface area contributed by atoms with Crippen molar-refractivity contribution in [1.82, 2.24) is 0 Å². The number of thioether (sulfide) groups is 1. The van der Waals surface area contributed by atoms with Gasteiger partial charge in [0.25, 0.3) is 0 Å². The molecule has 1 aromatic rings. The molecule has 0 spiro atoms. The van der Waals surface area contributed by atoms with E-state index in [1.807, 2.05) is 23.9 Å². The van der Waals surface area contributed by atoms with E-state index >= 15 is 0 Å². The van der Waals surface area contributed by atoms with Gasteiger partial charge in [0.05, 0.1) is 7.11 Å². The third-order valence-corrected chi connectivity index (χ3v) is 4.01. The van der Waals surface area contributed by atoms with Gasteiger partial charge < -0.3 is 15.4 Å². The first-order valence-electron chi connectivity index (χ1n) is 6.37. The topological polar surface area (TPSA) is 38.5 Å². The standard InChI is InChI=1S/C14H24N2OS/c1-4-18-9-8-13(11-15)16(2)12-6-5-7-14(10-12)17-3/h5-7,10,13H,4,8-9,11,15H2,1-3H3. The second kappa shape index (κ2) is 8.27. The lowest BCUT2D eigenvalue weighted by molar-refractivity contribution is 0.414. The van der Waals surface area contributed by atoms with Gasteiger partial charge in [-0.2, -0.15) is 11.8 Å². The maximum absolute atomic E-state index is 5.88. The number of rotatable bonds is 8. The Balaban J connectivity index is 2.66. The van der Waals surface area contributed by atoms with Gasteiger partial charge in [-0.15, -0.1) is 0 Å². The van der Waals surface area contributed by atoms with Crippen LogP contribution in [-0.4, -0.2) is 38.2 Å². The van der Waals surface area contributed by atoms with Crippen molar-refractivity contribution in [3.63, 3.8) is 0 Å². The lowest BCUT2D eigenvalue weighted by atomic mass is 10.1. The molecular weight excluding hydrogens is 244 g/mol. The third kappa shape index (κ3) is 4.42. The number of likely N-dealkylation sites (N-methyl/N-ethyl adjacent to an activating group) is 1. The zero-order valence-corrected chi connectivity index (χ0v) is 12.4. The average molecular weight is 268 g/mol. The summed E-state index contributed by atoms with van der Waals surface area (Å²) in [6, 6.07) is 8.50. The van der Waals surface area contributed by atoms with Crippen molar-refractivity contribution >= 4 is 17.4 Å². The molecule has 3 nitrogen and oxygen atoms in total. The number of ether oxygens (including phenoxy) is 1. The number of nitrogens with zero attached hydrogens (tertiary/aromatic N) is 1. The van der Waals surface area contributed by atoms with Crippen LogP contribution in [0.2, 0.25) is 0 Å². The summed E-state index contributed by atoms with van der Waals surface area (Å²) in [5.74, 6) is 3.21. The second-order valence-corrected chi connectivity index (χ2v) is 5.58. The lowest BCUT2D eigenvalue weighted by Gasteiger charge is -2.29. The van der Waals surface area contributed by atoms with E-state index in [4.69, 9.17) is 10.5 Å². The van der Waals surface area contributed by atoms with E-state index in [-0.39, 0.29) is 0 Å². The SMILES string of the molecule is CCSCCC(CN)N(C)c1cccc(OC)c1. The monoisotopic (exact) mass is 268 g/mol. The van der Waals surface area contributed by atoms with Crippen molar-refractivity contribution in [3.8, 4) is 5.75 Å². The van der Waals surface area contributed by atoms with Crippen molar-refractivity contribution in [1.29, 1.82) is 0 Å². The summed E-state index contributed by atoms with van der Waals surface area (Å²) in [5, 5.41) is 0. The van der Waals surface area contributed by atoms with E-state index in [1.54, 1.807) is 7.11 Å². The number of methoxy groups -OCH3 is 1. The minimum atomic E-state index is 0.385. The Morgan fingerprint density at radius 2 is 2.22 bits per heavy atom. The minimum Gasteiger partial charge on any atom is -0.497 e. The second-order valence-electron chi connectivity index (χ2n) is 4.19. The summed E-state index contributed by atoms with van der Waals surface area (Å²) in [7, 11) is 3.79.